The summed E-state index contributed by atoms with van der Waals surface area (Å²) in [6.45, 7) is 7.29. The van der Waals surface area contributed by atoms with E-state index in [1.54, 1.807) is 11.8 Å². The smallest absolute Gasteiger partial charge is 0.407 e. The predicted molar refractivity (Wildman–Crippen MR) is 165 cm³/mol. The maximum absolute atomic E-state index is 13.4. The van der Waals surface area contributed by atoms with Gasteiger partial charge < -0.3 is 20.5 Å². The number of fused-ring (bicyclic) bond motifs is 1. The van der Waals surface area contributed by atoms with E-state index in [0.717, 1.165) is 29.2 Å². The van der Waals surface area contributed by atoms with Crippen molar-refractivity contribution in [3.63, 3.8) is 0 Å². The number of piperidine rings is 1. The highest BCUT2D eigenvalue weighted by atomic mass is 32.2. The molecule has 4 rings (SSSR count). The number of amides is 2. The molecule has 0 aromatic heterocycles. The largest absolute Gasteiger partial charge is 0.445 e. The van der Waals surface area contributed by atoms with E-state index in [0.29, 0.717) is 24.8 Å². The van der Waals surface area contributed by atoms with Crippen LogP contribution in [0.2, 0.25) is 0 Å². The van der Waals surface area contributed by atoms with Crippen molar-refractivity contribution in [2.24, 2.45) is 11.8 Å². The van der Waals surface area contributed by atoms with Crippen LogP contribution in [0, 0.1) is 11.8 Å². The van der Waals surface area contributed by atoms with Crippen LogP contribution in [0.4, 0.5) is 4.79 Å². The summed E-state index contributed by atoms with van der Waals surface area (Å²) in [4.78, 5) is 29.6. The molecule has 7 nitrogen and oxygen atoms in total. The van der Waals surface area contributed by atoms with E-state index < -0.39 is 18.2 Å². The van der Waals surface area contributed by atoms with Crippen molar-refractivity contribution in [2.75, 3.05) is 18.8 Å². The third-order valence-electron chi connectivity index (χ3n) is 8.15. The summed E-state index contributed by atoms with van der Waals surface area (Å²) in [6, 6.07) is 18.9. The third-order valence-corrected chi connectivity index (χ3v) is 9.19. The first-order chi connectivity index (χ1) is 19.7. The molecule has 8 heteroatoms. The van der Waals surface area contributed by atoms with Crippen molar-refractivity contribution in [3.8, 4) is 0 Å². The highest BCUT2D eigenvalue weighted by Crippen LogP contribution is 2.39. The predicted octanol–water partition coefficient (Wildman–Crippen LogP) is 5.62. The second-order valence-electron chi connectivity index (χ2n) is 12.6. The van der Waals surface area contributed by atoms with Gasteiger partial charge in [-0.3, -0.25) is 9.69 Å². The number of likely N-dealkylation sites (tertiary alicyclic amines) is 1. The highest BCUT2D eigenvalue weighted by molar-refractivity contribution is 7.99. The Kier molecular flexibility index (Phi) is 11.5. The molecule has 3 N–H and O–H groups in total. The highest BCUT2D eigenvalue weighted by Gasteiger charge is 2.41. The van der Waals surface area contributed by atoms with E-state index in [1.165, 1.54) is 25.7 Å². The maximum Gasteiger partial charge on any atom is 0.407 e. The van der Waals surface area contributed by atoms with Crippen LogP contribution < -0.4 is 10.6 Å². The maximum atomic E-state index is 13.4. The zero-order chi connectivity index (χ0) is 29.2. The Morgan fingerprint density at radius 2 is 1.68 bits per heavy atom. The number of ether oxygens (including phenoxy) is 1. The van der Waals surface area contributed by atoms with Crippen molar-refractivity contribution >= 4 is 23.8 Å². The summed E-state index contributed by atoms with van der Waals surface area (Å²) in [5, 5.41) is 17.7. The fraction of sp³-hybridized carbons (Fsp3) is 0.576. The fourth-order valence-corrected chi connectivity index (χ4v) is 7.05. The van der Waals surface area contributed by atoms with E-state index in [-0.39, 0.29) is 24.1 Å². The molecule has 5 atom stereocenters. The number of nitrogens with zero attached hydrogens (tertiary/aromatic N) is 1. The van der Waals surface area contributed by atoms with Gasteiger partial charge >= 0.3 is 6.09 Å². The van der Waals surface area contributed by atoms with Crippen molar-refractivity contribution in [2.45, 2.75) is 94.5 Å². The Bertz CT molecular complexity index is 1090. The number of aliphatic hydroxyl groups is 1. The molecular weight excluding hydrogens is 534 g/mol. The second kappa shape index (κ2) is 15.1. The Balaban J connectivity index is 1.43. The molecule has 0 spiro atoms. The van der Waals surface area contributed by atoms with Gasteiger partial charge in [0.25, 0.3) is 0 Å². The number of nitrogens with one attached hydrogen (secondary N) is 2. The summed E-state index contributed by atoms with van der Waals surface area (Å²) in [5.74, 6) is 1.85. The zero-order valence-electron chi connectivity index (χ0n) is 24.8. The topological polar surface area (TPSA) is 90.9 Å². The standard InChI is InChI=1S/C33H47N3O4S/c1-33(2,3)35-31(38)29-20-25-14-10-11-15-26(25)21-36(29)22-30(37)28(18-19-41-27-16-8-5-9-17-27)34-32(39)40-23-24-12-6-4-7-13-24/h4-9,12-13,16-17,25-26,28-30,37H,10-11,14-15,18-23H2,1-3H3,(H,34,39)(H,35,38)/t25-,26+,28-,29-,30+/m0/s1. The van der Waals surface area contributed by atoms with Gasteiger partial charge in [0.05, 0.1) is 18.2 Å². The molecule has 1 saturated carbocycles. The normalized spacial score (nSPS) is 22.7. The average molecular weight is 582 g/mol. The van der Waals surface area contributed by atoms with E-state index in [4.69, 9.17) is 4.74 Å². The molecule has 41 heavy (non-hydrogen) atoms. The Morgan fingerprint density at radius 1 is 1.02 bits per heavy atom. The van der Waals surface area contributed by atoms with Crippen molar-refractivity contribution in [1.29, 1.82) is 0 Å². The van der Waals surface area contributed by atoms with Crippen LogP contribution in [0.3, 0.4) is 0 Å². The lowest BCUT2D eigenvalue weighted by Gasteiger charge is -2.47. The molecule has 2 fully saturated rings. The molecule has 1 aliphatic carbocycles. The lowest BCUT2D eigenvalue weighted by Crippen LogP contribution is -2.60. The Labute approximate surface area is 249 Å². The summed E-state index contributed by atoms with van der Waals surface area (Å²) in [5.41, 5.74) is 0.578. The Hall–Kier alpha value is -2.55. The molecule has 2 amide bonds. The quantitative estimate of drug-likeness (QED) is 0.299. The SMILES string of the molecule is CC(C)(C)NC(=O)[C@@H]1C[C@@H]2CCCC[C@@H]2CN1C[C@@H](O)[C@H](CCSc1ccccc1)NC(=O)OCc1ccccc1. The third kappa shape index (κ3) is 10.0. The van der Waals surface area contributed by atoms with Crippen LogP contribution >= 0.6 is 11.8 Å². The number of β-amino-alcohol motifs (C(OH)–C–C–N with tert-alkyl or cyclic N) is 1. The first-order valence-corrected chi connectivity index (χ1v) is 16.1. The monoisotopic (exact) mass is 581 g/mol. The molecule has 224 valence electrons. The first-order valence-electron chi connectivity index (χ1n) is 15.1. The van der Waals surface area contributed by atoms with E-state index in [1.807, 2.05) is 69.3 Å². The van der Waals surface area contributed by atoms with E-state index >= 15 is 0 Å². The lowest BCUT2D eigenvalue weighted by atomic mass is 9.72. The molecule has 0 bridgehead atoms. The van der Waals surface area contributed by atoms with Gasteiger partial charge in [-0.15, -0.1) is 11.8 Å². The van der Waals surface area contributed by atoms with Gasteiger partial charge in [0, 0.05) is 29.3 Å². The van der Waals surface area contributed by atoms with Gasteiger partial charge in [-0.2, -0.15) is 0 Å². The summed E-state index contributed by atoms with van der Waals surface area (Å²) in [6.07, 6.45) is 4.80. The fourth-order valence-electron chi connectivity index (χ4n) is 6.09. The first kappa shape index (κ1) is 31.4. The van der Waals surface area contributed by atoms with Gasteiger partial charge in [-0.1, -0.05) is 67.8 Å². The molecule has 2 aromatic rings. The van der Waals surface area contributed by atoms with Crippen LogP contribution in [0.1, 0.15) is 64.9 Å². The van der Waals surface area contributed by atoms with E-state index in [2.05, 4.69) is 27.7 Å². The van der Waals surface area contributed by atoms with Crippen LogP contribution in [0.5, 0.6) is 0 Å². The molecule has 0 unspecified atom stereocenters. The van der Waals surface area contributed by atoms with Gasteiger partial charge in [-0.05, 0) is 69.6 Å². The summed E-state index contributed by atoms with van der Waals surface area (Å²) < 4.78 is 5.50. The lowest BCUT2D eigenvalue weighted by molar-refractivity contribution is -0.132. The second-order valence-corrected chi connectivity index (χ2v) is 13.7. The number of carbonyl (C=O) groups is 2. The van der Waals surface area contributed by atoms with Crippen molar-refractivity contribution < 1.29 is 19.4 Å². The van der Waals surface area contributed by atoms with Gasteiger partial charge in [0.2, 0.25) is 5.91 Å². The number of hydrogen-bond acceptors (Lipinski definition) is 6. The number of carbonyl (C=O) groups excluding carboxylic acids is 2. The van der Waals surface area contributed by atoms with Crippen LogP contribution in [0.25, 0.3) is 0 Å². The van der Waals surface area contributed by atoms with Crippen molar-refractivity contribution in [1.82, 2.24) is 15.5 Å². The summed E-state index contributed by atoms with van der Waals surface area (Å²) >= 11 is 1.70. The van der Waals surface area contributed by atoms with Gasteiger partial charge in [-0.25, -0.2) is 4.79 Å². The van der Waals surface area contributed by atoms with Crippen molar-refractivity contribution in [3.05, 3.63) is 66.2 Å². The minimum absolute atomic E-state index is 0.0279. The molecule has 2 aliphatic rings. The minimum Gasteiger partial charge on any atom is -0.445 e. The molecule has 1 aliphatic heterocycles. The van der Waals surface area contributed by atoms with Gasteiger partial charge in [0.15, 0.2) is 0 Å². The number of alkyl carbamates (subject to hydrolysis) is 1. The molecule has 2 aromatic carbocycles. The summed E-state index contributed by atoms with van der Waals surface area (Å²) in [7, 11) is 0. The van der Waals surface area contributed by atoms with E-state index in [9.17, 15) is 14.7 Å². The van der Waals surface area contributed by atoms with Gasteiger partial charge in [0.1, 0.15) is 6.61 Å². The zero-order valence-corrected chi connectivity index (χ0v) is 25.6. The molecule has 1 heterocycles. The number of hydrogen-bond donors (Lipinski definition) is 3. The molecular formula is C33H47N3O4S. The Morgan fingerprint density at radius 3 is 2.37 bits per heavy atom. The van der Waals surface area contributed by atoms with Crippen LogP contribution in [-0.4, -0.2) is 64.6 Å². The number of aliphatic hydroxyl groups excluding tert-OH is 1. The minimum atomic E-state index is -0.847. The number of thioether (sulfide) groups is 1. The van der Waals surface area contributed by atoms with Crippen LogP contribution in [-0.2, 0) is 16.1 Å². The number of benzene rings is 2. The number of rotatable bonds is 11. The average Bonchev–Trinajstić information content (AvgIpc) is 2.95. The molecule has 0 radical (unpaired) electrons. The van der Waals surface area contributed by atoms with Crippen LogP contribution in [0.15, 0.2) is 65.6 Å². The molecule has 1 saturated heterocycles.